The lowest BCUT2D eigenvalue weighted by Gasteiger charge is -2.39. The van der Waals surface area contributed by atoms with Crippen molar-refractivity contribution in [3.05, 3.63) is 0 Å². The molecule has 1 aliphatic rings. The normalized spacial score (nSPS) is 24.8. The molecule has 1 saturated heterocycles. The fourth-order valence-corrected chi connectivity index (χ4v) is 4.14. The summed E-state index contributed by atoms with van der Waals surface area (Å²) in [5, 5.41) is 3.53. The molecule has 120 valence electrons. The van der Waals surface area contributed by atoms with Gasteiger partial charge in [-0.3, -0.25) is 0 Å². The molecule has 0 aromatic heterocycles. The van der Waals surface area contributed by atoms with Crippen LogP contribution in [0.1, 0.15) is 53.4 Å². The molecule has 0 aromatic rings. The maximum Gasteiger partial charge on any atom is 0.150 e. The van der Waals surface area contributed by atoms with E-state index >= 15 is 0 Å². The van der Waals surface area contributed by atoms with Gasteiger partial charge in [-0.1, -0.05) is 6.92 Å². The van der Waals surface area contributed by atoms with Crippen LogP contribution in [0.2, 0.25) is 0 Å². The summed E-state index contributed by atoms with van der Waals surface area (Å²) in [6.07, 6.45) is 3.49. The molecular formula is C15H31NO3S. The summed E-state index contributed by atoms with van der Waals surface area (Å²) in [6.45, 7) is 10.6. The van der Waals surface area contributed by atoms with Gasteiger partial charge in [0.25, 0.3) is 0 Å². The van der Waals surface area contributed by atoms with Gasteiger partial charge in [-0.15, -0.1) is 0 Å². The molecule has 5 heteroatoms. The zero-order chi connectivity index (χ0) is 15.3. The summed E-state index contributed by atoms with van der Waals surface area (Å²) in [5.41, 5.74) is 0.0269. The Morgan fingerprint density at radius 2 is 1.95 bits per heavy atom. The molecule has 1 unspecified atom stereocenters. The second-order valence-corrected chi connectivity index (χ2v) is 9.47. The van der Waals surface area contributed by atoms with E-state index in [1.54, 1.807) is 0 Å². The monoisotopic (exact) mass is 305 g/mol. The van der Waals surface area contributed by atoms with Crippen LogP contribution in [-0.4, -0.2) is 45.2 Å². The highest BCUT2D eigenvalue weighted by atomic mass is 32.2. The highest BCUT2D eigenvalue weighted by Gasteiger charge is 2.34. The Kier molecular flexibility index (Phi) is 6.48. The number of hydrogen-bond donors (Lipinski definition) is 1. The van der Waals surface area contributed by atoms with E-state index in [1.807, 2.05) is 6.92 Å². The van der Waals surface area contributed by atoms with Crippen LogP contribution in [0, 0.1) is 5.41 Å². The molecule has 0 aromatic carbocycles. The van der Waals surface area contributed by atoms with Gasteiger partial charge in [0.2, 0.25) is 0 Å². The highest BCUT2D eigenvalue weighted by Crippen LogP contribution is 2.33. The third kappa shape index (κ3) is 6.55. The lowest BCUT2D eigenvalue weighted by Crippen LogP contribution is -2.48. The van der Waals surface area contributed by atoms with E-state index in [2.05, 4.69) is 26.1 Å². The zero-order valence-electron chi connectivity index (χ0n) is 13.5. The van der Waals surface area contributed by atoms with Crippen LogP contribution in [0.25, 0.3) is 0 Å². The topological polar surface area (TPSA) is 55.4 Å². The molecule has 0 spiro atoms. The minimum absolute atomic E-state index is 0.0215. The summed E-state index contributed by atoms with van der Waals surface area (Å²) < 4.78 is 29.6. The van der Waals surface area contributed by atoms with Gasteiger partial charge in [-0.2, -0.15) is 0 Å². The van der Waals surface area contributed by atoms with Gasteiger partial charge < -0.3 is 10.1 Å². The SMILES string of the molecule is CCCS(=O)(=O)CCC1(CNC(C)(C)C)CCCOC1. The van der Waals surface area contributed by atoms with Crippen LogP contribution in [0.4, 0.5) is 0 Å². The Morgan fingerprint density at radius 3 is 2.45 bits per heavy atom. The van der Waals surface area contributed by atoms with E-state index < -0.39 is 9.84 Å². The van der Waals surface area contributed by atoms with Gasteiger partial charge in [-0.05, 0) is 46.5 Å². The molecule has 0 bridgehead atoms. The molecular weight excluding hydrogens is 274 g/mol. The van der Waals surface area contributed by atoms with Crippen LogP contribution in [-0.2, 0) is 14.6 Å². The Bertz CT molecular complexity index is 378. The lowest BCUT2D eigenvalue weighted by molar-refractivity contribution is -0.0117. The molecule has 0 aliphatic carbocycles. The van der Waals surface area contributed by atoms with Crippen LogP contribution in [0.15, 0.2) is 0 Å². The first-order valence-electron chi connectivity index (χ1n) is 7.71. The van der Waals surface area contributed by atoms with Gasteiger partial charge in [0.1, 0.15) is 9.84 Å². The first-order valence-corrected chi connectivity index (χ1v) is 9.53. The average Bonchev–Trinajstić information content (AvgIpc) is 2.35. The van der Waals surface area contributed by atoms with Crippen LogP contribution in [0.3, 0.4) is 0 Å². The van der Waals surface area contributed by atoms with Gasteiger partial charge in [-0.25, -0.2) is 8.42 Å². The lowest BCUT2D eigenvalue weighted by atomic mass is 9.79. The van der Waals surface area contributed by atoms with E-state index in [0.29, 0.717) is 25.2 Å². The molecule has 1 heterocycles. The number of nitrogens with one attached hydrogen (secondary N) is 1. The van der Waals surface area contributed by atoms with E-state index in [0.717, 1.165) is 26.0 Å². The van der Waals surface area contributed by atoms with Crippen LogP contribution < -0.4 is 5.32 Å². The van der Waals surface area contributed by atoms with Crippen LogP contribution in [0.5, 0.6) is 0 Å². The molecule has 1 atom stereocenters. The maximum atomic E-state index is 12.0. The summed E-state index contributed by atoms with van der Waals surface area (Å²) in [5.74, 6) is 0.590. The minimum atomic E-state index is -2.91. The van der Waals surface area contributed by atoms with Gasteiger partial charge in [0.15, 0.2) is 0 Å². The molecule has 4 nitrogen and oxygen atoms in total. The molecule has 20 heavy (non-hydrogen) atoms. The van der Waals surface area contributed by atoms with Crippen molar-refractivity contribution in [2.45, 2.75) is 58.9 Å². The van der Waals surface area contributed by atoms with Gasteiger partial charge in [0.05, 0.1) is 12.4 Å². The Morgan fingerprint density at radius 1 is 1.25 bits per heavy atom. The Labute approximate surface area is 124 Å². The van der Waals surface area contributed by atoms with Gasteiger partial charge >= 0.3 is 0 Å². The molecule has 1 rings (SSSR count). The zero-order valence-corrected chi connectivity index (χ0v) is 14.3. The number of ether oxygens (including phenoxy) is 1. The predicted octanol–water partition coefficient (Wildman–Crippen LogP) is 2.39. The van der Waals surface area contributed by atoms with E-state index in [4.69, 9.17) is 4.74 Å². The van der Waals surface area contributed by atoms with Crippen LogP contribution >= 0.6 is 0 Å². The van der Waals surface area contributed by atoms with Crippen molar-refractivity contribution in [2.24, 2.45) is 5.41 Å². The first-order chi connectivity index (χ1) is 9.18. The largest absolute Gasteiger partial charge is 0.381 e. The second-order valence-electron chi connectivity index (χ2n) is 7.16. The quantitative estimate of drug-likeness (QED) is 0.784. The average molecular weight is 305 g/mol. The molecule has 0 radical (unpaired) electrons. The van der Waals surface area contributed by atoms with E-state index in [-0.39, 0.29) is 16.7 Å². The van der Waals surface area contributed by atoms with E-state index in [9.17, 15) is 8.42 Å². The van der Waals surface area contributed by atoms with Gasteiger partial charge in [0, 0.05) is 29.9 Å². The Balaban J connectivity index is 2.64. The van der Waals surface area contributed by atoms with Crippen molar-refractivity contribution in [3.63, 3.8) is 0 Å². The third-order valence-corrected chi connectivity index (χ3v) is 5.71. The number of hydrogen-bond acceptors (Lipinski definition) is 4. The van der Waals surface area contributed by atoms with E-state index in [1.165, 1.54) is 0 Å². The summed E-state index contributed by atoms with van der Waals surface area (Å²) in [7, 11) is -2.91. The Hall–Kier alpha value is -0.130. The first kappa shape index (κ1) is 17.9. The van der Waals surface area contributed by atoms with Crippen molar-refractivity contribution in [1.29, 1.82) is 0 Å². The number of sulfone groups is 1. The number of rotatable bonds is 7. The third-order valence-electron chi connectivity index (χ3n) is 3.86. The van der Waals surface area contributed by atoms with Crippen molar-refractivity contribution in [1.82, 2.24) is 5.32 Å². The highest BCUT2D eigenvalue weighted by molar-refractivity contribution is 7.91. The standard InChI is InChI=1S/C15H31NO3S/c1-5-10-20(17,18)11-8-15(7-6-9-19-13-15)12-16-14(2,3)4/h16H,5-13H2,1-4H3. The predicted molar refractivity (Wildman–Crippen MR) is 83.8 cm³/mol. The van der Waals surface area contributed by atoms with Crippen molar-refractivity contribution >= 4 is 9.84 Å². The fourth-order valence-electron chi connectivity index (χ4n) is 2.57. The molecule has 0 saturated carbocycles. The molecule has 1 aliphatic heterocycles. The van der Waals surface area contributed by atoms with Crippen molar-refractivity contribution in [3.8, 4) is 0 Å². The second kappa shape index (κ2) is 7.23. The molecule has 0 amide bonds. The molecule has 1 N–H and O–H groups in total. The summed E-state index contributed by atoms with van der Waals surface area (Å²) in [6, 6.07) is 0. The fraction of sp³-hybridized carbons (Fsp3) is 1.00. The maximum absolute atomic E-state index is 12.0. The summed E-state index contributed by atoms with van der Waals surface area (Å²) >= 11 is 0. The molecule has 1 fully saturated rings. The smallest absolute Gasteiger partial charge is 0.150 e. The summed E-state index contributed by atoms with van der Waals surface area (Å²) in [4.78, 5) is 0. The minimum Gasteiger partial charge on any atom is -0.381 e. The van der Waals surface area contributed by atoms with Crippen molar-refractivity contribution < 1.29 is 13.2 Å². The van der Waals surface area contributed by atoms with Crippen molar-refractivity contribution in [2.75, 3.05) is 31.3 Å².